The Morgan fingerprint density at radius 1 is 1.05 bits per heavy atom. The zero-order chi connectivity index (χ0) is 13.7. The molecule has 2 aromatic carbocycles. The molecule has 0 unspecified atom stereocenters. The maximum Gasteiger partial charge on any atom is 0.427 e. The Labute approximate surface area is 114 Å². The average Bonchev–Trinajstić information content (AvgIpc) is 2.43. The summed E-state index contributed by atoms with van der Waals surface area (Å²) in [5.41, 5.74) is 9.20. The molecule has 5 heteroatoms. The number of hydrogen-bond acceptors (Lipinski definition) is 2. The molecule has 19 heavy (non-hydrogen) atoms. The van der Waals surface area contributed by atoms with Gasteiger partial charge in [-0.2, -0.15) is 4.79 Å². The number of halogens is 1. The summed E-state index contributed by atoms with van der Waals surface area (Å²) < 4.78 is 5.09. The largest absolute Gasteiger partial charge is 0.427 e. The van der Waals surface area contributed by atoms with Gasteiger partial charge in [0.2, 0.25) is 0 Å². The fourth-order valence-electron chi connectivity index (χ4n) is 1.47. The zero-order valence-electron chi connectivity index (χ0n) is 9.79. The molecule has 0 saturated carbocycles. The van der Waals surface area contributed by atoms with E-state index in [-0.39, 0.29) is 5.71 Å². The lowest BCUT2D eigenvalue weighted by atomic mass is 10.1. The summed E-state index contributed by atoms with van der Waals surface area (Å²) >= 11 is 5.75. The van der Waals surface area contributed by atoms with Crippen molar-refractivity contribution >= 4 is 23.3 Å². The second-order valence-electron chi connectivity index (χ2n) is 3.66. The van der Waals surface area contributed by atoms with Gasteiger partial charge in [0.15, 0.2) is 0 Å². The third-order valence-corrected chi connectivity index (χ3v) is 2.62. The van der Waals surface area contributed by atoms with E-state index in [0.717, 1.165) is 0 Å². The lowest BCUT2D eigenvalue weighted by Crippen LogP contribution is -2.22. The molecule has 0 aliphatic rings. The molecule has 2 aromatic rings. The van der Waals surface area contributed by atoms with E-state index >= 15 is 0 Å². The standard InChI is InChI=1S/C14H9ClN2O2/c15-11-8-6-10(7-9-11)13(17-16)14(18)19-12-4-2-1-3-5-12/h1-9H. The molecule has 0 atom stereocenters. The molecule has 4 nitrogen and oxygen atoms in total. The van der Waals surface area contributed by atoms with Crippen molar-refractivity contribution in [3.63, 3.8) is 0 Å². The van der Waals surface area contributed by atoms with Crippen molar-refractivity contribution in [2.45, 2.75) is 0 Å². The summed E-state index contributed by atoms with van der Waals surface area (Å²) in [7, 11) is 0. The van der Waals surface area contributed by atoms with Crippen LogP contribution >= 0.6 is 11.6 Å². The molecule has 0 radical (unpaired) electrons. The highest BCUT2D eigenvalue weighted by Gasteiger charge is 2.25. The van der Waals surface area contributed by atoms with Crippen molar-refractivity contribution < 1.29 is 14.3 Å². The third kappa shape index (κ3) is 3.28. The minimum atomic E-state index is -0.740. The van der Waals surface area contributed by atoms with Gasteiger partial charge >= 0.3 is 11.7 Å². The van der Waals surface area contributed by atoms with Gasteiger partial charge in [0.05, 0.1) is 5.56 Å². The van der Waals surface area contributed by atoms with E-state index in [0.29, 0.717) is 16.3 Å². The van der Waals surface area contributed by atoms with Crippen LogP contribution in [0.5, 0.6) is 5.75 Å². The summed E-state index contributed by atoms with van der Waals surface area (Å²) in [6.45, 7) is 0. The number of para-hydroxylation sites is 1. The first-order valence-electron chi connectivity index (χ1n) is 5.46. The first-order chi connectivity index (χ1) is 9.20. The minimum absolute atomic E-state index is 0.180. The van der Waals surface area contributed by atoms with Gasteiger partial charge in [-0.05, 0) is 36.4 Å². The van der Waals surface area contributed by atoms with Crippen LogP contribution in [0, 0.1) is 0 Å². The van der Waals surface area contributed by atoms with Crippen molar-refractivity contribution in [1.82, 2.24) is 0 Å². The van der Waals surface area contributed by atoms with Crippen LogP contribution in [-0.2, 0) is 4.79 Å². The molecule has 0 fully saturated rings. The topological polar surface area (TPSA) is 62.7 Å². The Hall–Kier alpha value is -2.42. The number of ether oxygens (including phenoxy) is 1. The van der Waals surface area contributed by atoms with Crippen LogP contribution < -0.4 is 4.74 Å². The van der Waals surface area contributed by atoms with E-state index in [1.165, 1.54) is 0 Å². The average molecular weight is 273 g/mol. The van der Waals surface area contributed by atoms with Crippen LogP contribution in [0.1, 0.15) is 5.56 Å². The fraction of sp³-hybridized carbons (Fsp3) is 0. The molecule has 2 rings (SSSR count). The molecule has 0 aliphatic carbocycles. The van der Waals surface area contributed by atoms with Gasteiger partial charge in [-0.25, -0.2) is 4.79 Å². The van der Waals surface area contributed by atoms with E-state index in [2.05, 4.69) is 4.79 Å². The van der Waals surface area contributed by atoms with Gasteiger partial charge in [-0.15, -0.1) is 0 Å². The highest BCUT2D eigenvalue weighted by molar-refractivity contribution is 6.41. The Morgan fingerprint density at radius 2 is 1.68 bits per heavy atom. The first-order valence-corrected chi connectivity index (χ1v) is 5.83. The summed E-state index contributed by atoms with van der Waals surface area (Å²) in [6, 6.07) is 14.9. The molecule has 0 aliphatic heterocycles. The summed E-state index contributed by atoms with van der Waals surface area (Å²) in [4.78, 5) is 14.9. The Morgan fingerprint density at radius 3 is 2.26 bits per heavy atom. The summed E-state index contributed by atoms with van der Waals surface area (Å²) in [5, 5.41) is 0.525. The van der Waals surface area contributed by atoms with Crippen LogP contribution in [0.15, 0.2) is 54.6 Å². The zero-order valence-corrected chi connectivity index (χ0v) is 10.5. The van der Waals surface area contributed by atoms with Crippen LogP contribution in [-0.4, -0.2) is 16.5 Å². The summed E-state index contributed by atoms with van der Waals surface area (Å²) in [5.74, 6) is -0.362. The molecule has 0 heterocycles. The highest BCUT2D eigenvalue weighted by atomic mass is 35.5. The molecule has 0 amide bonds. The maximum absolute atomic E-state index is 11.9. The normalized spacial score (nSPS) is 9.53. The Balaban J connectivity index is 2.21. The smallest absolute Gasteiger partial charge is 0.418 e. The van der Waals surface area contributed by atoms with Crippen molar-refractivity contribution in [2.75, 3.05) is 0 Å². The molecule has 0 aromatic heterocycles. The monoisotopic (exact) mass is 272 g/mol. The number of carbonyl (C=O) groups excluding carboxylic acids is 1. The lowest BCUT2D eigenvalue weighted by Gasteiger charge is -2.00. The third-order valence-electron chi connectivity index (χ3n) is 2.36. The van der Waals surface area contributed by atoms with Gasteiger partial charge in [0.1, 0.15) is 5.75 Å². The minimum Gasteiger partial charge on any atom is -0.418 e. The van der Waals surface area contributed by atoms with E-state index in [1.54, 1.807) is 54.6 Å². The van der Waals surface area contributed by atoms with Gasteiger partial charge in [0.25, 0.3) is 0 Å². The second kappa shape index (κ2) is 5.96. The molecule has 94 valence electrons. The number of benzene rings is 2. The SMILES string of the molecule is [N-]=[N+]=C(C(=O)Oc1ccccc1)c1ccc(Cl)cc1. The molecular weight excluding hydrogens is 264 g/mol. The number of esters is 1. The number of nitrogens with zero attached hydrogens (tertiary/aromatic N) is 2. The predicted octanol–water partition coefficient (Wildman–Crippen LogP) is 2.96. The van der Waals surface area contributed by atoms with Crippen LogP contribution in [0.3, 0.4) is 0 Å². The molecular formula is C14H9ClN2O2. The highest BCUT2D eigenvalue weighted by Crippen LogP contribution is 2.12. The van der Waals surface area contributed by atoms with Crippen molar-refractivity contribution in [3.8, 4) is 5.75 Å². The van der Waals surface area contributed by atoms with Crippen LogP contribution in [0.4, 0.5) is 0 Å². The van der Waals surface area contributed by atoms with E-state index in [1.807, 2.05) is 0 Å². The van der Waals surface area contributed by atoms with Crippen molar-refractivity contribution in [3.05, 3.63) is 70.7 Å². The fourth-order valence-corrected chi connectivity index (χ4v) is 1.59. The molecule has 0 N–H and O–H groups in total. The van der Waals surface area contributed by atoms with Gasteiger partial charge in [0, 0.05) is 5.02 Å². The molecule has 0 bridgehead atoms. The number of carbonyl (C=O) groups is 1. The number of rotatable bonds is 3. The Kier molecular flexibility index (Phi) is 4.08. The Bertz CT molecular complexity index is 632. The van der Waals surface area contributed by atoms with E-state index in [4.69, 9.17) is 21.9 Å². The first kappa shape index (κ1) is 13.0. The second-order valence-corrected chi connectivity index (χ2v) is 4.09. The van der Waals surface area contributed by atoms with E-state index < -0.39 is 5.97 Å². The van der Waals surface area contributed by atoms with Crippen LogP contribution in [0.2, 0.25) is 5.02 Å². The molecule has 0 spiro atoms. The van der Waals surface area contributed by atoms with E-state index in [9.17, 15) is 4.79 Å². The van der Waals surface area contributed by atoms with Crippen LogP contribution in [0.25, 0.3) is 5.53 Å². The quantitative estimate of drug-likeness (QED) is 0.283. The van der Waals surface area contributed by atoms with Gasteiger partial charge in [-0.1, -0.05) is 29.8 Å². The predicted molar refractivity (Wildman–Crippen MR) is 71.3 cm³/mol. The number of hydrogen-bond donors (Lipinski definition) is 0. The summed E-state index contributed by atoms with van der Waals surface area (Å²) in [6.07, 6.45) is 0. The molecule has 0 saturated heterocycles. The maximum atomic E-state index is 11.9. The lowest BCUT2D eigenvalue weighted by molar-refractivity contribution is -0.131. The van der Waals surface area contributed by atoms with Gasteiger partial charge in [-0.3, -0.25) is 0 Å². The van der Waals surface area contributed by atoms with Crippen molar-refractivity contribution in [1.29, 1.82) is 0 Å². The van der Waals surface area contributed by atoms with Crippen molar-refractivity contribution in [2.24, 2.45) is 0 Å². The van der Waals surface area contributed by atoms with Gasteiger partial charge < -0.3 is 10.3 Å².